The molecule has 2 heterocycles. The molecule has 0 unspecified atom stereocenters. The Kier molecular flexibility index (Phi) is 6.20. The molecular formula is C19H18N6O3S3. The number of fused-ring (bicyclic) bond motifs is 1. The van der Waals surface area contributed by atoms with Gasteiger partial charge in [0.05, 0.1) is 15.9 Å². The number of aromatic nitrogens is 4. The van der Waals surface area contributed by atoms with Crippen molar-refractivity contribution < 1.29 is 13.2 Å². The number of rotatable bonds is 8. The lowest BCUT2D eigenvalue weighted by Gasteiger charge is -2.07. The largest absolute Gasteiger partial charge is 0.333 e. The number of para-hydroxylation sites is 2. The van der Waals surface area contributed by atoms with Gasteiger partial charge in [-0.2, -0.15) is 0 Å². The number of benzene rings is 2. The van der Waals surface area contributed by atoms with Gasteiger partial charge < -0.3 is 10.3 Å². The Morgan fingerprint density at radius 1 is 1.13 bits per heavy atom. The summed E-state index contributed by atoms with van der Waals surface area (Å²) in [6.45, 7) is 1.74. The summed E-state index contributed by atoms with van der Waals surface area (Å²) in [5.41, 5.74) is 2.37. The fourth-order valence-corrected chi connectivity index (χ4v) is 5.34. The third-order valence-electron chi connectivity index (χ3n) is 4.13. The highest BCUT2D eigenvalue weighted by Crippen LogP contribution is 2.22. The molecule has 3 N–H and O–H groups in total. The summed E-state index contributed by atoms with van der Waals surface area (Å²) in [4.78, 5) is 19.9. The van der Waals surface area contributed by atoms with Gasteiger partial charge in [-0.05, 0) is 43.3 Å². The summed E-state index contributed by atoms with van der Waals surface area (Å²) in [7, 11) is -3.77. The van der Waals surface area contributed by atoms with Gasteiger partial charge in [-0.3, -0.25) is 9.52 Å². The first kappa shape index (κ1) is 21.3. The maximum atomic E-state index is 12.4. The first-order valence-corrected chi connectivity index (χ1v) is 12.5. The number of imidazole rings is 1. The van der Waals surface area contributed by atoms with Crippen molar-refractivity contribution >= 4 is 60.9 Å². The molecule has 0 fully saturated rings. The van der Waals surface area contributed by atoms with Crippen LogP contribution < -0.4 is 10.0 Å². The Balaban J connectivity index is 1.29. The topological polar surface area (TPSA) is 130 Å². The van der Waals surface area contributed by atoms with E-state index in [-0.39, 0.29) is 15.9 Å². The minimum absolute atomic E-state index is 0.0683. The minimum Gasteiger partial charge on any atom is -0.333 e. The zero-order chi connectivity index (χ0) is 21.8. The van der Waals surface area contributed by atoms with Gasteiger partial charge >= 0.3 is 0 Å². The van der Waals surface area contributed by atoms with Crippen molar-refractivity contribution in [1.29, 1.82) is 0 Å². The van der Waals surface area contributed by atoms with E-state index < -0.39 is 10.0 Å². The molecule has 31 heavy (non-hydrogen) atoms. The van der Waals surface area contributed by atoms with Crippen LogP contribution in [0.4, 0.5) is 10.8 Å². The fraction of sp³-hybridized carbons (Fsp3) is 0.158. The number of aryl methyl sites for hydroxylation is 1. The molecule has 0 saturated carbocycles. The van der Waals surface area contributed by atoms with Crippen LogP contribution in [0.25, 0.3) is 11.0 Å². The van der Waals surface area contributed by atoms with Crippen LogP contribution in [0.15, 0.2) is 58.6 Å². The number of carbonyl (C=O) groups is 1. The number of anilines is 2. The van der Waals surface area contributed by atoms with Crippen LogP contribution in [-0.2, 0) is 14.8 Å². The molecule has 0 aliphatic carbocycles. The number of sulfonamides is 1. The quantitative estimate of drug-likeness (QED) is 0.332. The number of nitrogens with one attached hydrogen (secondary N) is 3. The number of H-pyrrole nitrogens is 1. The van der Waals surface area contributed by atoms with Crippen LogP contribution >= 0.6 is 23.1 Å². The summed E-state index contributed by atoms with van der Waals surface area (Å²) in [5, 5.41) is 11.9. The third-order valence-corrected chi connectivity index (χ3v) is 7.24. The number of aromatic amines is 1. The molecule has 0 atom stereocenters. The van der Waals surface area contributed by atoms with Crippen molar-refractivity contribution in [2.75, 3.05) is 15.8 Å². The Morgan fingerprint density at radius 2 is 1.90 bits per heavy atom. The normalized spacial score (nSPS) is 11.5. The molecule has 12 heteroatoms. The monoisotopic (exact) mass is 474 g/mol. The second-order valence-electron chi connectivity index (χ2n) is 6.46. The zero-order valence-corrected chi connectivity index (χ0v) is 18.8. The number of carbonyl (C=O) groups excluding carboxylic acids is 1. The lowest BCUT2D eigenvalue weighted by atomic mass is 10.3. The maximum absolute atomic E-state index is 12.4. The number of nitrogens with zero attached hydrogens (tertiary/aromatic N) is 3. The number of hydrogen-bond acceptors (Lipinski definition) is 8. The Hall–Kier alpha value is -2.96. The summed E-state index contributed by atoms with van der Waals surface area (Å²) >= 11 is 2.62. The van der Waals surface area contributed by atoms with E-state index in [9.17, 15) is 13.2 Å². The summed E-state index contributed by atoms with van der Waals surface area (Å²) in [5.74, 6) is 0.394. The van der Waals surface area contributed by atoms with Gasteiger partial charge in [-0.25, -0.2) is 13.4 Å². The van der Waals surface area contributed by atoms with Gasteiger partial charge in [0.1, 0.15) is 5.01 Å². The molecule has 9 nitrogen and oxygen atoms in total. The van der Waals surface area contributed by atoms with E-state index in [0.29, 0.717) is 22.9 Å². The predicted octanol–water partition coefficient (Wildman–Crippen LogP) is 3.64. The van der Waals surface area contributed by atoms with Crippen molar-refractivity contribution in [3.63, 3.8) is 0 Å². The molecule has 0 spiro atoms. The van der Waals surface area contributed by atoms with Crippen LogP contribution in [0.2, 0.25) is 0 Å². The molecule has 0 aliphatic heterocycles. The van der Waals surface area contributed by atoms with Crippen molar-refractivity contribution in [2.24, 2.45) is 0 Å². The average Bonchev–Trinajstić information content (AvgIpc) is 3.33. The predicted molar refractivity (Wildman–Crippen MR) is 122 cm³/mol. The minimum atomic E-state index is -3.77. The SMILES string of the molecule is Cc1nnc(NS(=O)(=O)c2ccc(NC(=O)CCSc3nc4ccccc4[nH]3)cc2)s1. The summed E-state index contributed by atoms with van der Waals surface area (Å²) in [6.07, 6.45) is 0.291. The maximum Gasteiger partial charge on any atom is 0.263 e. The molecule has 0 bridgehead atoms. The molecular weight excluding hydrogens is 456 g/mol. The van der Waals surface area contributed by atoms with E-state index in [4.69, 9.17) is 0 Å². The van der Waals surface area contributed by atoms with Gasteiger partial charge in [0.25, 0.3) is 10.0 Å². The van der Waals surface area contributed by atoms with Gasteiger partial charge in [-0.1, -0.05) is 35.2 Å². The Morgan fingerprint density at radius 3 is 2.61 bits per heavy atom. The molecule has 1 amide bonds. The van der Waals surface area contributed by atoms with E-state index >= 15 is 0 Å². The van der Waals surface area contributed by atoms with Gasteiger partial charge in [-0.15, -0.1) is 10.2 Å². The van der Waals surface area contributed by atoms with Gasteiger partial charge in [0.15, 0.2) is 5.16 Å². The van der Waals surface area contributed by atoms with E-state index in [1.807, 2.05) is 24.3 Å². The zero-order valence-electron chi connectivity index (χ0n) is 16.3. The van der Waals surface area contributed by atoms with E-state index in [1.165, 1.54) is 23.9 Å². The first-order chi connectivity index (χ1) is 14.9. The molecule has 2 aromatic carbocycles. The summed E-state index contributed by atoms with van der Waals surface area (Å²) < 4.78 is 27.2. The van der Waals surface area contributed by atoms with E-state index in [0.717, 1.165) is 27.5 Å². The summed E-state index contributed by atoms with van der Waals surface area (Å²) in [6, 6.07) is 13.7. The fourth-order valence-electron chi connectivity index (χ4n) is 2.69. The van der Waals surface area contributed by atoms with Crippen molar-refractivity contribution in [2.45, 2.75) is 23.4 Å². The van der Waals surface area contributed by atoms with Gasteiger partial charge in [0, 0.05) is 17.9 Å². The first-order valence-electron chi connectivity index (χ1n) is 9.19. The number of hydrogen-bond donors (Lipinski definition) is 3. The Labute approximate surface area is 186 Å². The van der Waals surface area contributed by atoms with E-state index in [1.54, 1.807) is 19.1 Å². The molecule has 4 rings (SSSR count). The Bertz CT molecular complexity index is 1280. The number of thioether (sulfide) groups is 1. The lowest BCUT2D eigenvalue weighted by molar-refractivity contribution is -0.115. The van der Waals surface area contributed by atoms with Crippen LogP contribution in [-0.4, -0.2) is 40.2 Å². The average molecular weight is 475 g/mol. The highest BCUT2D eigenvalue weighted by Gasteiger charge is 2.16. The van der Waals surface area contributed by atoms with E-state index in [2.05, 4.69) is 30.2 Å². The molecule has 0 radical (unpaired) electrons. The van der Waals surface area contributed by atoms with Crippen LogP contribution in [0, 0.1) is 6.92 Å². The van der Waals surface area contributed by atoms with Crippen LogP contribution in [0.5, 0.6) is 0 Å². The van der Waals surface area contributed by atoms with Gasteiger partial charge in [0.2, 0.25) is 11.0 Å². The van der Waals surface area contributed by atoms with Crippen molar-refractivity contribution in [3.8, 4) is 0 Å². The molecule has 160 valence electrons. The smallest absolute Gasteiger partial charge is 0.263 e. The lowest BCUT2D eigenvalue weighted by Crippen LogP contribution is -2.14. The highest BCUT2D eigenvalue weighted by molar-refractivity contribution is 7.99. The third kappa shape index (κ3) is 5.40. The molecule has 2 aromatic heterocycles. The van der Waals surface area contributed by atoms with Crippen molar-refractivity contribution in [3.05, 3.63) is 53.5 Å². The van der Waals surface area contributed by atoms with Crippen LogP contribution in [0.3, 0.4) is 0 Å². The standard InChI is InChI=1S/C19H18N6O3S3/c1-12-23-24-19(30-12)25-31(27,28)14-8-6-13(7-9-14)20-17(26)10-11-29-18-21-15-4-2-3-5-16(15)22-18/h2-9H,10-11H2,1H3,(H,20,26)(H,21,22)(H,24,25). The second-order valence-corrected chi connectivity index (χ2v) is 10.4. The number of amides is 1. The highest BCUT2D eigenvalue weighted by atomic mass is 32.2. The molecule has 0 aliphatic rings. The second kappa shape index (κ2) is 9.04. The molecule has 0 saturated heterocycles. The van der Waals surface area contributed by atoms with Crippen molar-refractivity contribution in [1.82, 2.24) is 20.2 Å². The molecule has 4 aromatic rings. The van der Waals surface area contributed by atoms with Crippen LogP contribution in [0.1, 0.15) is 11.4 Å².